The lowest BCUT2D eigenvalue weighted by atomic mass is 9.67. The quantitative estimate of drug-likeness (QED) is 0.891. The molecule has 26 heavy (non-hydrogen) atoms. The molecule has 5 heteroatoms. The molecule has 138 valence electrons. The molecule has 0 radical (unpaired) electrons. The Kier molecular flexibility index (Phi) is 4.57. The van der Waals surface area contributed by atoms with E-state index in [1.165, 1.54) is 19.3 Å². The molecule has 2 aromatic rings. The van der Waals surface area contributed by atoms with Gasteiger partial charge >= 0.3 is 0 Å². The molecule has 0 aliphatic heterocycles. The molecular weight excluding hydrogens is 324 g/mol. The molecule has 2 atom stereocenters. The van der Waals surface area contributed by atoms with E-state index in [-0.39, 0.29) is 11.9 Å². The number of aryl methyl sites for hydroxylation is 1. The molecule has 3 N–H and O–H groups in total. The Morgan fingerprint density at radius 1 is 1.23 bits per heavy atom. The Hall–Kier alpha value is -2.14. The molecule has 5 nitrogen and oxygen atoms in total. The van der Waals surface area contributed by atoms with E-state index >= 15 is 0 Å². The highest BCUT2D eigenvalue weighted by Gasteiger charge is 2.40. The van der Waals surface area contributed by atoms with Crippen LogP contribution in [0.1, 0.15) is 53.8 Å². The summed E-state index contributed by atoms with van der Waals surface area (Å²) < 4.78 is 2.05. The normalized spacial score (nSPS) is 28.0. The number of nitrogens with one attached hydrogen (secondary N) is 1. The van der Waals surface area contributed by atoms with E-state index in [0.29, 0.717) is 17.9 Å². The van der Waals surface area contributed by atoms with Gasteiger partial charge in [-0.2, -0.15) is 0 Å². The van der Waals surface area contributed by atoms with Crippen LogP contribution in [0.2, 0.25) is 0 Å². The zero-order valence-electron chi connectivity index (χ0n) is 15.6. The second-order valence-corrected chi connectivity index (χ2v) is 7.99. The zero-order valence-corrected chi connectivity index (χ0v) is 15.6. The molecule has 0 aromatic carbocycles. The van der Waals surface area contributed by atoms with E-state index in [1.807, 2.05) is 42.7 Å². The van der Waals surface area contributed by atoms with Gasteiger partial charge in [-0.3, -0.25) is 4.79 Å². The molecule has 2 bridgehead atoms. The summed E-state index contributed by atoms with van der Waals surface area (Å²) in [5.74, 6) is 1.95. The number of hydrogen-bond donors (Lipinski definition) is 2. The van der Waals surface area contributed by atoms with Crippen LogP contribution in [0.15, 0.2) is 30.5 Å². The van der Waals surface area contributed by atoms with Crippen LogP contribution in [0.3, 0.4) is 0 Å². The second-order valence-electron chi connectivity index (χ2n) is 7.99. The van der Waals surface area contributed by atoms with E-state index in [0.717, 1.165) is 35.6 Å². The van der Waals surface area contributed by atoms with Gasteiger partial charge in [0, 0.05) is 29.7 Å². The Balaban J connectivity index is 1.58. The third-order valence-corrected chi connectivity index (χ3v) is 6.23. The molecule has 1 amide bonds. The number of amides is 1. The smallest absolute Gasteiger partial charge is 0.253 e. The first-order valence-corrected chi connectivity index (χ1v) is 9.71. The Morgan fingerprint density at radius 2 is 1.96 bits per heavy atom. The lowest BCUT2D eigenvalue weighted by Gasteiger charge is -2.45. The Morgan fingerprint density at radius 3 is 2.62 bits per heavy atom. The summed E-state index contributed by atoms with van der Waals surface area (Å²) in [6.07, 6.45) is 7.48. The molecule has 2 unspecified atom stereocenters. The fourth-order valence-electron chi connectivity index (χ4n) is 5.09. The van der Waals surface area contributed by atoms with Gasteiger partial charge in [0.15, 0.2) is 0 Å². The van der Waals surface area contributed by atoms with Gasteiger partial charge in [0.05, 0.1) is 5.56 Å². The standard InChI is InChI=1S/C21H28N4O/c1-13-10-18(14(2)25(13)19-8-3-4-9-23-19)21(26)24-20-15-6-5-7-16(20)12-17(22)11-15/h3-4,8-10,15-17,20H,5-7,11-12,22H2,1-2H3,(H,24,26). The van der Waals surface area contributed by atoms with Crippen molar-refractivity contribution in [2.75, 3.05) is 0 Å². The van der Waals surface area contributed by atoms with Gasteiger partial charge in [-0.15, -0.1) is 0 Å². The van der Waals surface area contributed by atoms with Crippen molar-refractivity contribution in [2.24, 2.45) is 17.6 Å². The van der Waals surface area contributed by atoms with Crippen molar-refractivity contribution in [3.8, 4) is 5.82 Å². The predicted molar refractivity (Wildman–Crippen MR) is 102 cm³/mol. The average molecular weight is 352 g/mol. The number of nitrogens with zero attached hydrogens (tertiary/aromatic N) is 2. The van der Waals surface area contributed by atoms with E-state index in [4.69, 9.17) is 5.73 Å². The summed E-state index contributed by atoms with van der Waals surface area (Å²) in [5, 5.41) is 3.36. The lowest BCUT2D eigenvalue weighted by molar-refractivity contribution is 0.0755. The number of nitrogens with two attached hydrogens (primary N) is 1. The van der Waals surface area contributed by atoms with Crippen molar-refractivity contribution in [3.63, 3.8) is 0 Å². The summed E-state index contributed by atoms with van der Waals surface area (Å²) in [4.78, 5) is 17.5. The van der Waals surface area contributed by atoms with Crippen molar-refractivity contribution in [1.82, 2.24) is 14.9 Å². The molecule has 4 rings (SSSR count). The maximum Gasteiger partial charge on any atom is 0.253 e. The van der Waals surface area contributed by atoms with Gasteiger partial charge in [-0.05, 0) is 69.6 Å². The minimum absolute atomic E-state index is 0.0395. The molecule has 2 fully saturated rings. The minimum atomic E-state index is 0.0395. The highest BCUT2D eigenvalue weighted by molar-refractivity contribution is 5.96. The van der Waals surface area contributed by atoms with Crippen LogP contribution in [0, 0.1) is 25.7 Å². The monoisotopic (exact) mass is 352 g/mol. The number of fused-ring (bicyclic) bond motifs is 2. The molecular formula is C21H28N4O. The molecule has 2 aliphatic carbocycles. The molecule has 0 saturated heterocycles. The van der Waals surface area contributed by atoms with Gasteiger partial charge in [-0.1, -0.05) is 12.5 Å². The molecule has 2 saturated carbocycles. The maximum absolute atomic E-state index is 13.1. The maximum atomic E-state index is 13.1. The highest BCUT2D eigenvalue weighted by atomic mass is 16.1. The number of carbonyl (C=O) groups excluding carboxylic acids is 1. The molecule has 0 spiro atoms. The summed E-state index contributed by atoms with van der Waals surface area (Å²) in [5.41, 5.74) is 8.94. The first-order valence-electron chi connectivity index (χ1n) is 9.71. The Bertz CT molecular complexity index is 784. The third-order valence-electron chi connectivity index (χ3n) is 6.23. The van der Waals surface area contributed by atoms with Gasteiger partial charge in [0.2, 0.25) is 0 Å². The first-order chi connectivity index (χ1) is 12.5. The van der Waals surface area contributed by atoms with Crippen LogP contribution in [0.5, 0.6) is 0 Å². The SMILES string of the molecule is Cc1cc(C(=O)NC2C3CCCC2CC(N)C3)c(C)n1-c1ccccn1. The number of pyridine rings is 1. The predicted octanol–water partition coefficient (Wildman–Crippen LogP) is 3.12. The van der Waals surface area contributed by atoms with Crippen LogP contribution in [0.4, 0.5) is 0 Å². The van der Waals surface area contributed by atoms with Crippen molar-refractivity contribution in [2.45, 2.75) is 58.0 Å². The summed E-state index contributed by atoms with van der Waals surface area (Å²) in [6, 6.07) is 8.38. The largest absolute Gasteiger partial charge is 0.349 e. The fraction of sp³-hybridized carbons (Fsp3) is 0.524. The van der Waals surface area contributed by atoms with Crippen molar-refractivity contribution >= 4 is 5.91 Å². The van der Waals surface area contributed by atoms with Crippen LogP contribution in [0.25, 0.3) is 5.82 Å². The van der Waals surface area contributed by atoms with Crippen molar-refractivity contribution < 1.29 is 4.79 Å². The van der Waals surface area contributed by atoms with Crippen LogP contribution in [-0.4, -0.2) is 27.5 Å². The third kappa shape index (κ3) is 3.05. The second kappa shape index (κ2) is 6.88. The van der Waals surface area contributed by atoms with E-state index in [2.05, 4.69) is 10.3 Å². The minimum Gasteiger partial charge on any atom is -0.349 e. The van der Waals surface area contributed by atoms with Gasteiger partial charge in [0.1, 0.15) is 5.82 Å². The molecule has 2 aliphatic rings. The van der Waals surface area contributed by atoms with Gasteiger partial charge in [-0.25, -0.2) is 4.98 Å². The van der Waals surface area contributed by atoms with Gasteiger partial charge in [0.25, 0.3) is 5.91 Å². The number of carbonyl (C=O) groups is 1. The molecule has 2 heterocycles. The lowest BCUT2D eigenvalue weighted by Crippen LogP contribution is -2.53. The van der Waals surface area contributed by atoms with E-state index < -0.39 is 0 Å². The highest BCUT2D eigenvalue weighted by Crippen LogP contribution is 2.39. The summed E-state index contributed by atoms with van der Waals surface area (Å²) in [7, 11) is 0. The molecule has 2 aromatic heterocycles. The Labute approximate surface area is 155 Å². The number of rotatable bonds is 3. The zero-order chi connectivity index (χ0) is 18.3. The van der Waals surface area contributed by atoms with Crippen LogP contribution < -0.4 is 11.1 Å². The van der Waals surface area contributed by atoms with Crippen molar-refractivity contribution in [3.05, 3.63) is 47.4 Å². The number of hydrogen-bond acceptors (Lipinski definition) is 3. The van der Waals surface area contributed by atoms with E-state index in [1.54, 1.807) is 6.20 Å². The average Bonchev–Trinajstić information content (AvgIpc) is 2.91. The van der Waals surface area contributed by atoms with Gasteiger partial charge < -0.3 is 15.6 Å². The fourth-order valence-corrected chi connectivity index (χ4v) is 5.09. The van der Waals surface area contributed by atoms with Crippen molar-refractivity contribution in [1.29, 1.82) is 0 Å². The first kappa shape index (κ1) is 17.3. The number of aromatic nitrogens is 2. The van der Waals surface area contributed by atoms with E-state index in [9.17, 15) is 4.79 Å². The van der Waals surface area contributed by atoms with Crippen LogP contribution in [-0.2, 0) is 0 Å². The summed E-state index contributed by atoms with van der Waals surface area (Å²) >= 11 is 0. The summed E-state index contributed by atoms with van der Waals surface area (Å²) in [6.45, 7) is 4.01. The van der Waals surface area contributed by atoms with Crippen LogP contribution >= 0.6 is 0 Å². The topological polar surface area (TPSA) is 72.9 Å².